The first-order valence-electron chi connectivity index (χ1n) is 5.83. The molecule has 2 heterocycles. The number of fused-ring (bicyclic) bond motifs is 1. The molecule has 0 amide bonds. The molecule has 15 heavy (non-hydrogen) atoms. The van der Waals surface area contributed by atoms with Crippen LogP contribution >= 0.6 is 0 Å². The Bertz CT molecular complexity index is 369. The summed E-state index contributed by atoms with van der Waals surface area (Å²) in [5.74, 6) is 1.81. The highest BCUT2D eigenvalue weighted by Gasteiger charge is 2.22. The van der Waals surface area contributed by atoms with Crippen molar-refractivity contribution in [2.75, 3.05) is 13.1 Å². The molecule has 2 atom stereocenters. The molecule has 2 heteroatoms. The highest BCUT2D eigenvalue weighted by molar-refractivity contribution is 5.41. The summed E-state index contributed by atoms with van der Waals surface area (Å²) in [7, 11) is 0. The summed E-state index contributed by atoms with van der Waals surface area (Å²) < 4.78 is 5.71. The molecule has 80 valence electrons. The molecule has 0 spiro atoms. The van der Waals surface area contributed by atoms with Crippen LogP contribution in [0.5, 0.6) is 5.75 Å². The maximum absolute atomic E-state index is 5.71. The van der Waals surface area contributed by atoms with E-state index in [0.717, 1.165) is 25.3 Å². The van der Waals surface area contributed by atoms with Crippen LogP contribution in [0.1, 0.15) is 30.4 Å². The van der Waals surface area contributed by atoms with E-state index in [2.05, 4.69) is 30.4 Å². The van der Waals surface area contributed by atoms with Crippen molar-refractivity contribution in [3.8, 4) is 5.75 Å². The molecule has 1 aromatic rings. The van der Waals surface area contributed by atoms with E-state index in [0.29, 0.717) is 12.0 Å². The van der Waals surface area contributed by atoms with Gasteiger partial charge in [0.25, 0.3) is 0 Å². The molecule has 1 aromatic carbocycles. The van der Waals surface area contributed by atoms with Crippen LogP contribution < -0.4 is 10.1 Å². The number of ether oxygens (including phenoxy) is 1. The summed E-state index contributed by atoms with van der Waals surface area (Å²) in [6, 6.07) is 6.72. The lowest BCUT2D eigenvalue weighted by Crippen LogP contribution is -2.08. The third-order valence-corrected chi connectivity index (χ3v) is 3.45. The standard InChI is InChI=1S/C13H17NO/c1-9-6-12-7-10(2-3-13(12)15-9)11-4-5-14-8-11/h2-3,7,9,11,14H,4-6,8H2,1H3. The second kappa shape index (κ2) is 3.53. The van der Waals surface area contributed by atoms with Crippen molar-refractivity contribution in [3.63, 3.8) is 0 Å². The number of hydrogen-bond donors (Lipinski definition) is 1. The van der Waals surface area contributed by atoms with E-state index < -0.39 is 0 Å². The fourth-order valence-electron chi connectivity index (χ4n) is 2.64. The lowest BCUT2D eigenvalue weighted by atomic mass is 9.95. The number of rotatable bonds is 1. The van der Waals surface area contributed by atoms with Crippen LogP contribution in [-0.4, -0.2) is 19.2 Å². The van der Waals surface area contributed by atoms with Crippen LogP contribution in [0.25, 0.3) is 0 Å². The second-order valence-electron chi connectivity index (χ2n) is 4.69. The van der Waals surface area contributed by atoms with Gasteiger partial charge in [0.05, 0.1) is 0 Å². The van der Waals surface area contributed by atoms with E-state index in [4.69, 9.17) is 4.74 Å². The average Bonchev–Trinajstić information content (AvgIpc) is 2.82. The van der Waals surface area contributed by atoms with Crippen molar-refractivity contribution >= 4 is 0 Å². The largest absolute Gasteiger partial charge is 0.490 e. The smallest absolute Gasteiger partial charge is 0.123 e. The van der Waals surface area contributed by atoms with Gasteiger partial charge in [0.1, 0.15) is 11.9 Å². The van der Waals surface area contributed by atoms with Crippen LogP contribution in [0.4, 0.5) is 0 Å². The third-order valence-electron chi connectivity index (χ3n) is 3.45. The quantitative estimate of drug-likeness (QED) is 0.754. The van der Waals surface area contributed by atoms with E-state index in [-0.39, 0.29) is 0 Å². The molecule has 1 N–H and O–H groups in total. The van der Waals surface area contributed by atoms with Gasteiger partial charge in [-0.1, -0.05) is 12.1 Å². The van der Waals surface area contributed by atoms with Crippen LogP contribution in [0, 0.1) is 0 Å². The van der Waals surface area contributed by atoms with Crippen molar-refractivity contribution in [3.05, 3.63) is 29.3 Å². The summed E-state index contributed by atoms with van der Waals surface area (Å²) in [5, 5.41) is 3.42. The molecule has 2 nitrogen and oxygen atoms in total. The fourth-order valence-corrected chi connectivity index (χ4v) is 2.64. The zero-order valence-corrected chi connectivity index (χ0v) is 9.12. The normalized spacial score (nSPS) is 28.9. The Morgan fingerprint density at radius 2 is 2.33 bits per heavy atom. The molecule has 0 radical (unpaired) electrons. The summed E-state index contributed by atoms with van der Waals surface area (Å²) in [6.45, 7) is 4.43. The Balaban J connectivity index is 1.89. The summed E-state index contributed by atoms with van der Waals surface area (Å²) in [6.07, 6.45) is 2.70. The van der Waals surface area contributed by atoms with Gasteiger partial charge in [-0.25, -0.2) is 0 Å². The monoisotopic (exact) mass is 203 g/mol. The van der Waals surface area contributed by atoms with Gasteiger partial charge in [-0.15, -0.1) is 0 Å². The van der Waals surface area contributed by atoms with Crippen molar-refractivity contribution in [2.45, 2.75) is 31.8 Å². The van der Waals surface area contributed by atoms with Crippen LogP contribution in [0.3, 0.4) is 0 Å². The Hall–Kier alpha value is -1.02. The Labute approximate surface area is 90.6 Å². The Morgan fingerprint density at radius 3 is 3.13 bits per heavy atom. The van der Waals surface area contributed by atoms with Crippen molar-refractivity contribution < 1.29 is 4.74 Å². The van der Waals surface area contributed by atoms with Gasteiger partial charge in [0, 0.05) is 13.0 Å². The summed E-state index contributed by atoms with van der Waals surface area (Å²) in [5.41, 5.74) is 2.88. The van der Waals surface area contributed by atoms with E-state index in [9.17, 15) is 0 Å². The van der Waals surface area contributed by atoms with Crippen LogP contribution in [0.15, 0.2) is 18.2 Å². The zero-order valence-electron chi connectivity index (χ0n) is 9.12. The van der Waals surface area contributed by atoms with Crippen molar-refractivity contribution in [1.29, 1.82) is 0 Å². The summed E-state index contributed by atoms with van der Waals surface area (Å²) in [4.78, 5) is 0. The van der Waals surface area contributed by atoms with Gasteiger partial charge < -0.3 is 10.1 Å². The molecule has 1 fully saturated rings. The molecule has 2 aliphatic rings. The Morgan fingerprint density at radius 1 is 1.40 bits per heavy atom. The average molecular weight is 203 g/mol. The number of hydrogen-bond acceptors (Lipinski definition) is 2. The lowest BCUT2D eigenvalue weighted by Gasteiger charge is -2.09. The van der Waals surface area contributed by atoms with Gasteiger partial charge in [-0.2, -0.15) is 0 Å². The minimum atomic E-state index is 0.358. The predicted octanol–water partition coefficient (Wildman–Crippen LogP) is 2.09. The fraction of sp³-hybridized carbons (Fsp3) is 0.538. The van der Waals surface area contributed by atoms with Crippen molar-refractivity contribution in [2.24, 2.45) is 0 Å². The first-order chi connectivity index (χ1) is 7.33. The SMILES string of the molecule is CC1Cc2cc(C3CCNC3)ccc2O1. The topological polar surface area (TPSA) is 21.3 Å². The van der Waals surface area contributed by atoms with E-state index in [1.54, 1.807) is 0 Å². The number of benzene rings is 1. The van der Waals surface area contributed by atoms with Crippen molar-refractivity contribution in [1.82, 2.24) is 5.32 Å². The van der Waals surface area contributed by atoms with E-state index >= 15 is 0 Å². The number of nitrogens with one attached hydrogen (secondary N) is 1. The summed E-state index contributed by atoms with van der Waals surface area (Å²) >= 11 is 0. The van der Waals surface area contributed by atoms with Gasteiger partial charge in [0.2, 0.25) is 0 Å². The van der Waals surface area contributed by atoms with E-state index in [1.165, 1.54) is 17.5 Å². The molecule has 1 saturated heterocycles. The minimum absolute atomic E-state index is 0.358. The molecule has 0 saturated carbocycles. The zero-order chi connectivity index (χ0) is 10.3. The maximum Gasteiger partial charge on any atom is 0.123 e. The van der Waals surface area contributed by atoms with Gasteiger partial charge in [-0.05, 0) is 43.0 Å². The molecule has 0 aliphatic carbocycles. The highest BCUT2D eigenvalue weighted by atomic mass is 16.5. The van der Waals surface area contributed by atoms with Crippen LogP contribution in [0.2, 0.25) is 0 Å². The van der Waals surface area contributed by atoms with Crippen LogP contribution in [-0.2, 0) is 6.42 Å². The van der Waals surface area contributed by atoms with Gasteiger partial charge in [0.15, 0.2) is 0 Å². The molecule has 0 aromatic heterocycles. The second-order valence-corrected chi connectivity index (χ2v) is 4.69. The molecule has 2 aliphatic heterocycles. The Kier molecular flexibility index (Phi) is 2.17. The first kappa shape index (κ1) is 9.22. The molecule has 0 bridgehead atoms. The van der Waals surface area contributed by atoms with E-state index in [1.807, 2.05) is 0 Å². The molecule has 3 rings (SSSR count). The first-order valence-corrected chi connectivity index (χ1v) is 5.83. The molecular formula is C13H17NO. The molecular weight excluding hydrogens is 186 g/mol. The lowest BCUT2D eigenvalue weighted by molar-refractivity contribution is 0.254. The minimum Gasteiger partial charge on any atom is -0.490 e. The third kappa shape index (κ3) is 1.63. The highest BCUT2D eigenvalue weighted by Crippen LogP contribution is 2.32. The van der Waals surface area contributed by atoms with Gasteiger partial charge >= 0.3 is 0 Å². The maximum atomic E-state index is 5.71. The molecule has 2 unspecified atom stereocenters. The van der Waals surface area contributed by atoms with Gasteiger partial charge in [-0.3, -0.25) is 0 Å². The predicted molar refractivity (Wildman–Crippen MR) is 60.5 cm³/mol.